The molecule has 0 unspecified atom stereocenters. The highest BCUT2D eigenvalue weighted by molar-refractivity contribution is 9.10. The molecule has 2 N–H and O–H groups in total. The number of carbonyl (C=O) groups is 1. The second-order valence-corrected chi connectivity index (χ2v) is 8.05. The van der Waals surface area contributed by atoms with Crippen LogP contribution in [0.4, 0.5) is 15.0 Å². The monoisotopic (exact) mass is 484 g/mol. The molecule has 0 saturated carbocycles. The maximum atomic E-state index is 13.6. The predicted octanol–water partition coefficient (Wildman–Crippen LogP) is 2.97. The van der Waals surface area contributed by atoms with Crippen molar-refractivity contribution in [3.8, 4) is 17.2 Å². The minimum absolute atomic E-state index is 0.0202. The average molecular weight is 485 g/mol. The van der Waals surface area contributed by atoms with E-state index in [2.05, 4.69) is 36.7 Å². The van der Waals surface area contributed by atoms with E-state index in [0.717, 1.165) is 4.57 Å². The number of amides is 1. The van der Waals surface area contributed by atoms with Gasteiger partial charge in [0.05, 0.1) is 10.2 Å². The predicted molar refractivity (Wildman–Crippen MR) is 106 cm³/mol. The number of carboxylic acid groups (broad SMARTS) is 1. The molecule has 0 radical (unpaired) electrons. The van der Waals surface area contributed by atoms with E-state index in [1.54, 1.807) is 20.8 Å². The number of halogens is 2. The van der Waals surface area contributed by atoms with Crippen LogP contribution in [0.15, 0.2) is 36.6 Å². The summed E-state index contributed by atoms with van der Waals surface area (Å²) < 4.78 is 24.3. The molecule has 0 aliphatic rings. The molecule has 3 rings (SSSR count). The molecular weight excluding hydrogens is 467 g/mol. The molecule has 30 heavy (non-hydrogen) atoms. The van der Waals surface area contributed by atoms with Gasteiger partial charge in [-0.05, 0) is 65.2 Å². The van der Waals surface area contributed by atoms with Gasteiger partial charge in [-0.25, -0.2) is 23.2 Å². The van der Waals surface area contributed by atoms with Crippen LogP contribution >= 0.6 is 15.9 Å². The maximum Gasteiger partial charge on any atom is 0.446 e. The third kappa shape index (κ3) is 4.35. The fraction of sp³-hybridized carbons (Fsp3) is 0.353. The Hall–Kier alpha value is -3.22. The van der Waals surface area contributed by atoms with E-state index >= 15 is 0 Å². The van der Waals surface area contributed by atoms with Gasteiger partial charge in [0.1, 0.15) is 5.82 Å². The SMILES string of the molecule is CC(C)(C)N(CCNc1nonc1-c1noc(=O)n1-c1ccc(F)c(Br)c1)C(=O)O. The lowest BCUT2D eigenvalue weighted by atomic mass is 10.1. The van der Waals surface area contributed by atoms with E-state index in [-0.39, 0.29) is 40.6 Å². The molecule has 13 heteroatoms. The van der Waals surface area contributed by atoms with Crippen molar-refractivity contribution in [3.63, 3.8) is 0 Å². The van der Waals surface area contributed by atoms with Crippen molar-refractivity contribution in [2.45, 2.75) is 26.3 Å². The van der Waals surface area contributed by atoms with E-state index in [1.165, 1.54) is 23.1 Å². The van der Waals surface area contributed by atoms with Gasteiger partial charge in [0.15, 0.2) is 5.69 Å². The standard InChI is InChI=1S/C17H18BrFN6O5/c1-17(2,3)24(15(26)27)7-6-20-13-12(21-30-22-13)14-23-29-16(28)25(14)9-4-5-11(19)10(18)8-9/h4-5,8H,6-7H2,1-3H3,(H,20,22)(H,26,27). The Morgan fingerprint density at radius 1 is 1.33 bits per heavy atom. The molecule has 0 fully saturated rings. The third-order valence-electron chi connectivity index (χ3n) is 4.13. The quantitative estimate of drug-likeness (QED) is 0.539. The van der Waals surface area contributed by atoms with E-state index < -0.39 is 23.2 Å². The molecule has 3 aromatic rings. The largest absolute Gasteiger partial charge is 0.465 e. The van der Waals surface area contributed by atoms with Crippen LogP contribution < -0.4 is 11.1 Å². The van der Waals surface area contributed by atoms with E-state index in [1.807, 2.05) is 0 Å². The number of benzene rings is 1. The minimum atomic E-state index is -1.06. The van der Waals surface area contributed by atoms with Crippen LogP contribution in [-0.4, -0.2) is 54.8 Å². The lowest BCUT2D eigenvalue weighted by Crippen LogP contribution is -2.47. The smallest absolute Gasteiger partial charge is 0.446 e. The number of aromatic nitrogens is 4. The number of anilines is 1. The molecule has 0 aliphatic carbocycles. The van der Waals surface area contributed by atoms with Gasteiger partial charge in [-0.2, -0.15) is 0 Å². The van der Waals surface area contributed by atoms with Crippen LogP contribution in [0.1, 0.15) is 20.8 Å². The van der Waals surface area contributed by atoms with Gasteiger partial charge < -0.3 is 15.3 Å². The highest BCUT2D eigenvalue weighted by Gasteiger charge is 2.27. The highest BCUT2D eigenvalue weighted by Crippen LogP contribution is 2.26. The molecule has 2 heterocycles. The van der Waals surface area contributed by atoms with Crippen LogP contribution in [0.2, 0.25) is 0 Å². The van der Waals surface area contributed by atoms with Crippen molar-refractivity contribution in [2.24, 2.45) is 0 Å². The van der Waals surface area contributed by atoms with Crippen molar-refractivity contribution in [1.82, 2.24) is 24.9 Å². The van der Waals surface area contributed by atoms with Gasteiger partial charge >= 0.3 is 11.8 Å². The molecule has 0 saturated heterocycles. The summed E-state index contributed by atoms with van der Waals surface area (Å²) in [5, 5.41) is 23.5. The molecule has 0 atom stereocenters. The summed E-state index contributed by atoms with van der Waals surface area (Å²) in [5.41, 5.74) is -0.247. The number of rotatable bonds is 6. The first-order valence-electron chi connectivity index (χ1n) is 8.71. The Morgan fingerprint density at radius 2 is 2.07 bits per heavy atom. The second-order valence-electron chi connectivity index (χ2n) is 7.20. The van der Waals surface area contributed by atoms with Crippen molar-refractivity contribution in [2.75, 3.05) is 18.4 Å². The molecule has 0 spiro atoms. The summed E-state index contributed by atoms with van der Waals surface area (Å²) >= 11 is 3.07. The van der Waals surface area contributed by atoms with Crippen molar-refractivity contribution in [3.05, 3.63) is 39.0 Å². The molecule has 2 aromatic heterocycles. The molecule has 1 aromatic carbocycles. The van der Waals surface area contributed by atoms with Crippen LogP contribution in [-0.2, 0) is 0 Å². The zero-order valence-corrected chi connectivity index (χ0v) is 17.8. The topological polar surface area (TPSA) is 140 Å². The number of nitrogens with one attached hydrogen (secondary N) is 1. The Morgan fingerprint density at radius 3 is 2.70 bits per heavy atom. The summed E-state index contributed by atoms with van der Waals surface area (Å²) in [5.74, 6) is -1.20. The molecule has 0 bridgehead atoms. The first kappa shape index (κ1) is 21.5. The van der Waals surface area contributed by atoms with Crippen molar-refractivity contribution < 1.29 is 23.4 Å². The molecule has 1 amide bonds. The fourth-order valence-electron chi connectivity index (χ4n) is 2.71. The number of nitrogens with zero attached hydrogens (tertiary/aromatic N) is 5. The van der Waals surface area contributed by atoms with Crippen LogP contribution in [0.3, 0.4) is 0 Å². The average Bonchev–Trinajstić information content (AvgIpc) is 3.25. The van der Waals surface area contributed by atoms with Gasteiger partial charge in [-0.3, -0.25) is 4.52 Å². The molecule has 11 nitrogen and oxygen atoms in total. The van der Waals surface area contributed by atoms with Gasteiger partial charge in [0.25, 0.3) is 0 Å². The van der Waals surface area contributed by atoms with Gasteiger partial charge in [-0.15, -0.1) is 0 Å². The Bertz CT molecular complexity index is 1120. The summed E-state index contributed by atoms with van der Waals surface area (Å²) in [6.07, 6.45) is -1.06. The van der Waals surface area contributed by atoms with E-state index in [0.29, 0.717) is 0 Å². The Labute approximate surface area is 177 Å². The van der Waals surface area contributed by atoms with Gasteiger partial charge in [0, 0.05) is 18.6 Å². The first-order valence-corrected chi connectivity index (χ1v) is 9.50. The maximum absolute atomic E-state index is 13.6. The molecule has 160 valence electrons. The summed E-state index contributed by atoms with van der Waals surface area (Å²) in [4.78, 5) is 24.9. The third-order valence-corrected chi connectivity index (χ3v) is 4.74. The van der Waals surface area contributed by atoms with Gasteiger partial charge in [-0.1, -0.05) is 5.16 Å². The Balaban J connectivity index is 1.87. The van der Waals surface area contributed by atoms with Crippen LogP contribution in [0, 0.1) is 5.82 Å². The van der Waals surface area contributed by atoms with Gasteiger partial charge in [0.2, 0.25) is 11.6 Å². The zero-order valence-electron chi connectivity index (χ0n) is 16.2. The second kappa shape index (κ2) is 8.26. The minimum Gasteiger partial charge on any atom is -0.465 e. The van der Waals surface area contributed by atoms with Crippen molar-refractivity contribution in [1.29, 1.82) is 0 Å². The summed E-state index contributed by atoms with van der Waals surface area (Å²) in [6, 6.07) is 3.93. The lowest BCUT2D eigenvalue weighted by molar-refractivity contribution is 0.103. The first-order chi connectivity index (χ1) is 14.1. The normalized spacial score (nSPS) is 11.5. The van der Waals surface area contributed by atoms with Crippen LogP contribution in [0.25, 0.3) is 17.2 Å². The zero-order chi connectivity index (χ0) is 22.1. The molecule has 0 aliphatic heterocycles. The molecular formula is C17H18BrFN6O5. The highest BCUT2D eigenvalue weighted by atomic mass is 79.9. The number of hydrogen-bond donors (Lipinski definition) is 2. The summed E-state index contributed by atoms with van der Waals surface area (Å²) in [7, 11) is 0. The van der Waals surface area contributed by atoms with Crippen LogP contribution in [0.5, 0.6) is 0 Å². The summed E-state index contributed by atoms with van der Waals surface area (Å²) in [6.45, 7) is 5.67. The lowest BCUT2D eigenvalue weighted by Gasteiger charge is -2.33. The Kier molecular flexibility index (Phi) is 5.92. The van der Waals surface area contributed by atoms with E-state index in [9.17, 15) is 19.1 Å². The van der Waals surface area contributed by atoms with E-state index in [4.69, 9.17) is 9.15 Å². The number of hydrogen-bond acceptors (Lipinski definition) is 8. The fourth-order valence-corrected chi connectivity index (χ4v) is 3.07. The van der Waals surface area contributed by atoms with Crippen molar-refractivity contribution >= 4 is 27.8 Å².